The predicted molar refractivity (Wildman–Crippen MR) is 68.3 cm³/mol. The first-order chi connectivity index (χ1) is 8.55. The highest BCUT2D eigenvalue weighted by atomic mass is 32.2. The molecule has 0 spiro atoms. The van der Waals surface area contributed by atoms with Crippen LogP contribution in [0, 0.1) is 0 Å². The van der Waals surface area contributed by atoms with Gasteiger partial charge in [-0.1, -0.05) is 6.92 Å². The lowest BCUT2D eigenvalue weighted by Crippen LogP contribution is -2.24. The molecule has 1 saturated heterocycles. The monoisotopic (exact) mass is 269 g/mol. The van der Waals surface area contributed by atoms with E-state index in [2.05, 4.69) is 17.0 Å². The number of rotatable bonds is 1. The Morgan fingerprint density at radius 2 is 2.11 bits per heavy atom. The van der Waals surface area contributed by atoms with Crippen molar-refractivity contribution >= 4 is 9.84 Å². The highest BCUT2D eigenvalue weighted by Gasteiger charge is 2.30. The van der Waals surface area contributed by atoms with E-state index in [-0.39, 0.29) is 11.7 Å². The zero-order valence-corrected chi connectivity index (χ0v) is 11.5. The Morgan fingerprint density at radius 3 is 2.83 bits per heavy atom. The minimum atomic E-state index is -2.88. The van der Waals surface area contributed by atoms with Crippen LogP contribution in [0.1, 0.15) is 56.1 Å². The van der Waals surface area contributed by atoms with Gasteiger partial charge in [-0.2, -0.15) is 5.10 Å². The lowest BCUT2D eigenvalue weighted by Gasteiger charge is -2.18. The molecule has 6 heteroatoms. The fraction of sp³-hybridized carbons (Fsp3) is 0.833. The minimum Gasteiger partial charge on any atom is -0.250 e. The molecule has 0 saturated carbocycles. The number of aryl methyl sites for hydroxylation is 1. The van der Waals surface area contributed by atoms with Gasteiger partial charge in [0.2, 0.25) is 0 Å². The van der Waals surface area contributed by atoms with Gasteiger partial charge in [0, 0.05) is 18.4 Å². The van der Waals surface area contributed by atoms with E-state index in [0.717, 1.165) is 43.9 Å². The SMILES string of the molecule is CC1CCCn2nc(C3CCCS(=O)(=O)C3)nc21. The number of fused-ring (bicyclic) bond motifs is 1. The van der Waals surface area contributed by atoms with Gasteiger partial charge in [-0.3, -0.25) is 0 Å². The van der Waals surface area contributed by atoms with Gasteiger partial charge in [-0.15, -0.1) is 0 Å². The van der Waals surface area contributed by atoms with Crippen molar-refractivity contribution in [1.82, 2.24) is 14.8 Å². The summed E-state index contributed by atoms with van der Waals surface area (Å²) >= 11 is 0. The van der Waals surface area contributed by atoms with Gasteiger partial charge in [0.15, 0.2) is 15.7 Å². The highest BCUT2D eigenvalue weighted by molar-refractivity contribution is 7.91. The van der Waals surface area contributed by atoms with Crippen LogP contribution in [0.15, 0.2) is 0 Å². The van der Waals surface area contributed by atoms with Crippen molar-refractivity contribution in [3.63, 3.8) is 0 Å². The summed E-state index contributed by atoms with van der Waals surface area (Å²) in [6, 6.07) is 0. The normalized spacial score (nSPS) is 30.9. The number of sulfone groups is 1. The summed E-state index contributed by atoms with van der Waals surface area (Å²) in [6.45, 7) is 3.09. The summed E-state index contributed by atoms with van der Waals surface area (Å²) in [7, 11) is -2.88. The third kappa shape index (κ3) is 2.18. The second-order valence-corrected chi connectivity index (χ2v) is 7.78. The number of nitrogens with zero attached hydrogens (tertiary/aromatic N) is 3. The average Bonchev–Trinajstić information content (AvgIpc) is 2.73. The topological polar surface area (TPSA) is 64.8 Å². The van der Waals surface area contributed by atoms with E-state index in [1.54, 1.807) is 0 Å². The fourth-order valence-corrected chi connectivity index (χ4v) is 4.68. The van der Waals surface area contributed by atoms with Crippen LogP contribution in [0.5, 0.6) is 0 Å². The molecule has 0 aromatic carbocycles. The van der Waals surface area contributed by atoms with Crippen molar-refractivity contribution in [2.75, 3.05) is 11.5 Å². The molecule has 0 N–H and O–H groups in total. The maximum atomic E-state index is 11.7. The van der Waals surface area contributed by atoms with Gasteiger partial charge >= 0.3 is 0 Å². The van der Waals surface area contributed by atoms with Gasteiger partial charge in [0.1, 0.15) is 5.82 Å². The molecule has 3 rings (SSSR count). The Balaban J connectivity index is 1.89. The maximum Gasteiger partial charge on any atom is 0.155 e. The van der Waals surface area contributed by atoms with Gasteiger partial charge < -0.3 is 0 Å². The van der Waals surface area contributed by atoms with Crippen molar-refractivity contribution in [3.8, 4) is 0 Å². The van der Waals surface area contributed by atoms with Crippen LogP contribution in [0.2, 0.25) is 0 Å². The summed E-state index contributed by atoms with van der Waals surface area (Å²) in [6.07, 6.45) is 3.94. The Labute approximate surface area is 108 Å². The van der Waals surface area contributed by atoms with E-state index in [9.17, 15) is 8.42 Å². The third-order valence-electron chi connectivity index (χ3n) is 3.99. The summed E-state index contributed by atoms with van der Waals surface area (Å²) in [4.78, 5) is 4.61. The van der Waals surface area contributed by atoms with Crippen LogP contribution in [0.3, 0.4) is 0 Å². The van der Waals surface area contributed by atoms with E-state index < -0.39 is 9.84 Å². The second kappa shape index (κ2) is 4.33. The van der Waals surface area contributed by atoms with Crippen LogP contribution in [-0.4, -0.2) is 34.7 Å². The van der Waals surface area contributed by atoms with Crippen LogP contribution >= 0.6 is 0 Å². The molecule has 2 atom stereocenters. The molecule has 1 fully saturated rings. The van der Waals surface area contributed by atoms with E-state index >= 15 is 0 Å². The van der Waals surface area contributed by atoms with Crippen LogP contribution in [0.4, 0.5) is 0 Å². The molecule has 100 valence electrons. The summed E-state index contributed by atoms with van der Waals surface area (Å²) < 4.78 is 25.3. The molecule has 0 bridgehead atoms. The van der Waals surface area contributed by atoms with Gasteiger partial charge in [-0.05, 0) is 25.7 Å². The molecule has 1 aromatic rings. The Kier molecular flexibility index (Phi) is 2.92. The first-order valence-electron chi connectivity index (χ1n) is 6.70. The third-order valence-corrected chi connectivity index (χ3v) is 5.81. The molecule has 2 aliphatic heterocycles. The van der Waals surface area contributed by atoms with Crippen molar-refractivity contribution < 1.29 is 8.42 Å². The molecule has 5 nitrogen and oxygen atoms in total. The van der Waals surface area contributed by atoms with Crippen LogP contribution in [0.25, 0.3) is 0 Å². The average molecular weight is 269 g/mol. The van der Waals surface area contributed by atoms with E-state index in [1.165, 1.54) is 0 Å². The number of hydrogen-bond acceptors (Lipinski definition) is 4. The lowest BCUT2D eigenvalue weighted by atomic mass is 10.0. The molecule has 2 aliphatic rings. The molecule has 0 aliphatic carbocycles. The van der Waals surface area contributed by atoms with Gasteiger partial charge in [0.25, 0.3) is 0 Å². The number of hydrogen-bond donors (Lipinski definition) is 0. The van der Waals surface area contributed by atoms with Crippen LogP contribution in [-0.2, 0) is 16.4 Å². The largest absolute Gasteiger partial charge is 0.250 e. The molecular weight excluding hydrogens is 250 g/mol. The zero-order valence-electron chi connectivity index (χ0n) is 10.7. The summed E-state index contributed by atoms with van der Waals surface area (Å²) in [5.41, 5.74) is 0. The van der Waals surface area contributed by atoms with E-state index in [4.69, 9.17) is 0 Å². The summed E-state index contributed by atoms with van der Waals surface area (Å²) in [5.74, 6) is 2.80. The smallest absolute Gasteiger partial charge is 0.155 e. The lowest BCUT2D eigenvalue weighted by molar-refractivity contribution is 0.430. The Hall–Kier alpha value is -0.910. The maximum absolute atomic E-state index is 11.7. The molecule has 1 aromatic heterocycles. The Bertz CT molecular complexity index is 550. The molecule has 18 heavy (non-hydrogen) atoms. The molecule has 3 heterocycles. The van der Waals surface area contributed by atoms with Crippen molar-refractivity contribution in [2.45, 2.75) is 51.0 Å². The standard InChI is InChI=1S/C12H19N3O2S/c1-9-4-2-6-15-12(9)13-11(14-15)10-5-3-7-18(16,17)8-10/h9-10H,2-8H2,1H3. The van der Waals surface area contributed by atoms with Crippen molar-refractivity contribution in [3.05, 3.63) is 11.6 Å². The summed E-state index contributed by atoms with van der Waals surface area (Å²) in [5, 5.41) is 4.53. The first kappa shape index (κ1) is 12.1. The van der Waals surface area contributed by atoms with Crippen molar-refractivity contribution in [1.29, 1.82) is 0 Å². The zero-order chi connectivity index (χ0) is 12.8. The van der Waals surface area contributed by atoms with Crippen molar-refractivity contribution in [2.24, 2.45) is 0 Å². The van der Waals surface area contributed by atoms with Gasteiger partial charge in [0.05, 0.1) is 11.5 Å². The molecular formula is C12H19N3O2S. The molecule has 0 amide bonds. The van der Waals surface area contributed by atoms with Crippen LogP contribution < -0.4 is 0 Å². The quantitative estimate of drug-likeness (QED) is 0.774. The number of aromatic nitrogens is 3. The second-order valence-electron chi connectivity index (χ2n) is 5.55. The van der Waals surface area contributed by atoms with E-state index in [1.807, 2.05) is 4.68 Å². The van der Waals surface area contributed by atoms with E-state index in [0.29, 0.717) is 11.7 Å². The highest BCUT2D eigenvalue weighted by Crippen LogP contribution is 2.30. The first-order valence-corrected chi connectivity index (χ1v) is 8.52. The fourth-order valence-electron chi connectivity index (χ4n) is 2.98. The minimum absolute atomic E-state index is 0.00838. The molecule has 2 unspecified atom stereocenters. The van der Waals surface area contributed by atoms with Gasteiger partial charge in [-0.25, -0.2) is 18.1 Å². The predicted octanol–water partition coefficient (Wildman–Crippen LogP) is 1.47. The Morgan fingerprint density at radius 1 is 1.28 bits per heavy atom. The molecule has 0 radical (unpaired) electrons.